The van der Waals surface area contributed by atoms with Crippen LogP contribution < -0.4 is 21.7 Å². The van der Waals surface area contributed by atoms with Crippen molar-refractivity contribution in [3.8, 4) is 0 Å². The van der Waals surface area contributed by atoms with Crippen LogP contribution in [-0.2, 0) is 30.4 Å². The van der Waals surface area contributed by atoms with Crippen molar-refractivity contribution in [2.75, 3.05) is 12.4 Å². The second kappa shape index (κ2) is 13.5. The van der Waals surface area contributed by atoms with Crippen molar-refractivity contribution in [3.05, 3.63) is 36.0 Å². The highest BCUT2D eigenvalue weighted by Gasteiger charge is 2.30. The summed E-state index contributed by atoms with van der Waals surface area (Å²) < 4.78 is 0. The smallest absolute Gasteiger partial charge is 0.328 e. The number of aliphatic carboxylic acids is 2. The molecule has 36 heavy (non-hydrogen) atoms. The van der Waals surface area contributed by atoms with E-state index in [4.69, 9.17) is 21.1 Å². The summed E-state index contributed by atoms with van der Waals surface area (Å²) in [5.74, 6) is -5.45. The molecule has 13 nitrogen and oxygen atoms in total. The number of hydrogen-bond donors (Lipinski definition) is 9. The molecule has 3 amide bonds. The van der Waals surface area contributed by atoms with Crippen molar-refractivity contribution >= 4 is 53.2 Å². The standard InChI is InChI=1S/C22H29N5O8S/c23-13(7-11-8-24-14-4-2-1-3-12(11)14)19(31)25-15(5-6-18(29)30)20(32)27-17(10-36)21(33)26-16(9-28)22(34)35/h1-4,8,13,15-17,24,28,36H,5-7,9-10,23H2,(H,25,31)(H,26,33)(H,27,32)(H,29,30)(H,34,35). The number of benzene rings is 1. The molecule has 196 valence electrons. The zero-order valence-corrected chi connectivity index (χ0v) is 20.0. The SMILES string of the molecule is NC(Cc1c[nH]c2ccccc12)C(=O)NC(CCC(=O)O)C(=O)NC(CS)C(=O)NC(CO)C(=O)O. The molecule has 0 aliphatic rings. The molecule has 0 radical (unpaired) electrons. The van der Waals surface area contributed by atoms with E-state index in [9.17, 15) is 24.0 Å². The Morgan fingerprint density at radius 2 is 1.56 bits per heavy atom. The lowest BCUT2D eigenvalue weighted by molar-refractivity contribution is -0.143. The Bertz CT molecular complexity index is 1110. The number of thiol groups is 1. The number of carbonyl (C=O) groups excluding carboxylic acids is 3. The van der Waals surface area contributed by atoms with Gasteiger partial charge in [0.05, 0.1) is 12.6 Å². The number of carboxylic acids is 2. The van der Waals surface area contributed by atoms with Gasteiger partial charge in [-0.2, -0.15) is 12.6 Å². The van der Waals surface area contributed by atoms with Crippen LogP contribution in [0.4, 0.5) is 0 Å². The van der Waals surface area contributed by atoms with Crippen LogP contribution in [-0.4, -0.2) is 86.5 Å². The maximum Gasteiger partial charge on any atom is 0.328 e. The van der Waals surface area contributed by atoms with Gasteiger partial charge >= 0.3 is 11.9 Å². The number of aromatic amines is 1. The van der Waals surface area contributed by atoms with Gasteiger partial charge in [0.2, 0.25) is 17.7 Å². The molecule has 0 aliphatic heterocycles. The van der Waals surface area contributed by atoms with Crippen LogP contribution in [0.25, 0.3) is 10.9 Å². The summed E-state index contributed by atoms with van der Waals surface area (Å²) >= 11 is 3.98. The summed E-state index contributed by atoms with van der Waals surface area (Å²) in [5.41, 5.74) is 7.69. The van der Waals surface area contributed by atoms with Crippen molar-refractivity contribution in [3.63, 3.8) is 0 Å². The first-order valence-corrected chi connectivity index (χ1v) is 11.6. The van der Waals surface area contributed by atoms with Gasteiger partial charge in [-0.25, -0.2) is 4.79 Å². The van der Waals surface area contributed by atoms with Gasteiger partial charge in [-0.3, -0.25) is 19.2 Å². The Morgan fingerprint density at radius 1 is 0.944 bits per heavy atom. The van der Waals surface area contributed by atoms with E-state index in [0.29, 0.717) is 0 Å². The molecule has 2 rings (SSSR count). The molecule has 4 unspecified atom stereocenters. The lowest BCUT2D eigenvalue weighted by Crippen LogP contribution is -2.58. The summed E-state index contributed by atoms with van der Waals surface area (Å²) in [6.07, 6.45) is 1.11. The van der Waals surface area contributed by atoms with E-state index in [1.165, 1.54) is 0 Å². The maximum absolute atomic E-state index is 12.8. The predicted molar refractivity (Wildman–Crippen MR) is 131 cm³/mol. The monoisotopic (exact) mass is 523 g/mol. The average molecular weight is 524 g/mol. The third kappa shape index (κ3) is 7.96. The number of fused-ring (bicyclic) bond motifs is 1. The minimum atomic E-state index is -1.60. The lowest BCUT2D eigenvalue weighted by atomic mass is 10.0. The number of H-pyrrole nitrogens is 1. The van der Waals surface area contributed by atoms with Gasteiger partial charge in [-0.05, 0) is 24.5 Å². The molecule has 1 aromatic heterocycles. The van der Waals surface area contributed by atoms with Gasteiger partial charge in [0.1, 0.15) is 18.1 Å². The summed E-state index contributed by atoms with van der Waals surface area (Å²) in [7, 11) is 0. The number of nitrogens with two attached hydrogens (primary N) is 1. The van der Waals surface area contributed by atoms with Gasteiger partial charge in [-0.1, -0.05) is 18.2 Å². The molecule has 1 aromatic carbocycles. The Labute approximate surface area is 211 Å². The van der Waals surface area contributed by atoms with Gasteiger partial charge in [0, 0.05) is 29.3 Å². The Morgan fingerprint density at radius 3 is 2.17 bits per heavy atom. The summed E-state index contributed by atoms with van der Waals surface area (Å²) in [4.78, 5) is 63.1. The molecule has 0 bridgehead atoms. The number of carboxylic acid groups (broad SMARTS) is 2. The van der Waals surface area contributed by atoms with Crippen molar-refractivity contribution in [2.24, 2.45) is 5.73 Å². The van der Waals surface area contributed by atoms with Gasteiger partial charge in [0.25, 0.3) is 0 Å². The third-order valence-corrected chi connectivity index (χ3v) is 5.71. The largest absolute Gasteiger partial charge is 0.481 e. The molecule has 1 heterocycles. The van der Waals surface area contributed by atoms with Crippen molar-refractivity contribution < 1.29 is 39.3 Å². The fourth-order valence-electron chi connectivity index (χ4n) is 3.37. The molecule has 0 aliphatic carbocycles. The van der Waals surface area contributed by atoms with Crippen LogP contribution in [0, 0.1) is 0 Å². The number of aromatic nitrogens is 1. The summed E-state index contributed by atoms with van der Waals surface area (Å²) in [5, 5.41) is 34.8. The number of carbonyl (C=O) groups is 5. The molecule has 0 saturated heterocycles. The van der Waals surface area contributed by atoms with Gasteiger partial charge < -0.3 is 42.0 Å². The van der Waals surface area contributed by atoms with Crippen LogP contribution in [0.15, 0.2) is 30.5 Å². The zero-order valence-electron chi connectivity index (χ0n) is 19.1. The second-order valence-electron chi connectivity index (χ2n) is 7.99. The van der Waals surface area contributed by atoms with Gasteiger partial charge in [-0.15, -0.1) is 0 Å². The molecule has 0 spiro atoms. The van der Waals surface area contributed by atoms with Crippen molar-refractivity contribution in [2.45, 2.75) is 43.4 Å². The third-order valence-electron chi connectivity index (χ3n) is 5.34. The summed E-state index contributed by atoms with van der Waals surface area (Å²) in [6, 6.07) is 2.10. The highest BCUT2D eigenvalue weighted by molar-refractivity contribution is 7.80. The van der Waals surface area contributed by atoms with Crippen LogP contribution in [0.1, 0.15) is 18.4 Å². The zero-order chi connectivity index (χ0) is 26.8. The number of rotatable bonds is 14. The normalized spacial score (nSPS) is 14.3. The van der Waals surface area contributed by atoms with Crippen LogP contribution >= 0.6 is 12.6 Å². The molecular formula is C22H29N5O8S. The first-order valence-electron chi connectivity index (χ1n) is 10.9. The predicted octanol–water partition coefficient (Wildman–Crippen LogP) is -1.64. The number of hydrogen-bond acceptors (Lipinski definition) is 8. The molecule has 14 heteroatoms. The Balaban J connectivity index is 2.08. The van der Waals surface area contributed by atoms with E-state index in [1.54, 1.807) is 6.20 Å². The van der Waals surface area contributed by atoms with Crippen molar-refractivity contribution in [1.29, 1.82) is 0 Å². The Kier molecular flexibility index (Phi) is 10.7. The molecule has 9 N–H and O–H groups in total. The number of nitrogens with one attached hydrogen (secondary N) is 4. The van der Waals surface area contributed by atoms with E-state index in [1.807, 2.05) is 24.3 Å². The van der Waals surface area contributed by atoms with E-state index in [0.717, 1.165) is 16.5 Å². The minimum absolute atomic E-state index is 0.141. The molecule has 0 fully saturated rings. The quantitative estimate of drug-likeness (QED) is 0.129. The molecule has 2 aromatic rings. The van der Waals surface area contributed by atoms with E-state index < -0.39 is 66.9 Å². The van der Waals surface area contributed by atoms with Crippen LogP contribution in [0.5, 0.6) is 0 Å². The van der Waals surface area contributed by atoms with Crippen molar-refractivity contribution in [1.82, 2.24) is 20.9 Å². The minimum Gasteiger partial charge on any atom is -0.481 e. The second-order valence-corrected chi connectivity index (χ2v) is 8.35. The number of aliphatic hydroxyl groups is 1. The first kappa shape index (κ1) is 28.6. The number of amides is 3. The van der Waals surface area contributed by atoms with E-state index >= 15 is 0 Å². The number of para-hydroxylation sites is 1. The van der Waals surface area contributed by atoms with Gasteiger partial charge in [0.15, 0.2) is 0 Å². The fraction of sp³-hybridized carbons (Fsp3) is 0.409. The maximum atomic E-state index is 12.8. The van der Waals surface area contributed by atoms with E-state index in [2.05, 4.69) is 33.6 Å². The molecule has 0 saturated carbocycles. The fourth-order valence-corrected chi connectivity index (χ4v) is 3.63. The average Bonchev–Trinajstić information content (AvgIpc) is 3.25. The molecule has 4 atom stereocenters. The summed E-state index contributed by atoms with van der Waals surface area (Å²) in [6.45, 7) is -0.875. The van der Waals surface area contributed by atoms with Crippen LogP contribution in [0.2, 0.25) is 0 Å². The lowest BCUT2D eigenvalue weighted by Gasteiger charge is -2.24. The topological polar surface area (TPSA) is 224 Å². The molecular weight excluding hydrogens is 494 g/mol. The first-order chi connectivity index (χ1) is 17.1. The number of aliphatic hydroxyl groups excluding tert-OH is 1. The van der Waals surface area contributed by atoms with E-state index in [-0.39, 0.29) is 18.6 Å². The Hall–Kier alpha value is -3.62. The highest BCUT2D eigenvalue weighted by atomic mass is 32.1. The van der Waals surface area contributed by atoms with Crippen LogP contribution in [0.3, 0.4) is 0 Å². The highest BCUT2D eigenvalue weighted by Crippen LogP contribution is 2.18.